The minimum atomic E-state index is -0.0123. The number of fused-ring (bicyclic) bond motifs is 2. The van der Waals surface area contributed by atoms with Gasteiger partial charge in [0.15, 0.2) is 0 Å². The molecule has 1 N–H and O–H groups in total. The van der Waals surface area contributed by atoms with E-state index in [4.69, 9.17) is 0 Å². The van der Waals surface area contributed by atoms with Gasteiger partial charge in [0, 0.05) is 11.7 Å². The topological polar surface area (TPSA) is 42.0 Å². The Kier molecular flexibility index (Phi) is 2.65. The third kappa shape index (κ3) is 2.02. The summed E-state index contributed by atoms with van der Waals surface area (Å²) in [5.41, 5.74) is 1.03. The molecule has 2 fully saturated rings. The Balaban J connectivity index is 1.75. The monoisotopic (exact) mass is 244 g/mol. The standard InChI is InChI=1S/C15H20N2O/c1-14-6-4-7-15(11-14,9-8-14)17-13(18)12-5-2-3-10-16-12/h2-3,5,10H,4,6-9,11H2,1H3,(H,17,18)/t14-,15-/m0/s1. The molecule has 2 aliphatic rings. The molecule has 1 amide bonds. The van der Waals surface area contributed by atoms with Gasteiger partial charge in [-0.25, -0.2) is 0 Å². The molecule has 1 aromatic rings. The molecule has 2 atom stereocenters. The summed E-state index contributed by atoms with van der Waals surface area (Å²) in [4.78, 5) is 16.4. The van der Waals surface area contributed by atoms with Gasteiger partial charge in [0.05, 0.1) is 0 Å². The average molecular weight is 244 g/mol. The second-order valence-corrected chi connectivity index (χ2v) is 6.29. The number of nitrogens with one attached hydrogen (secondary N) is 1. The first kappa shape index (κ1) is 11.7. The summed E-state index contributed by atoms with van der Waals surface area (Å²) in [5.74, 6) is -0.0123. The van der Waals surface area contributed by atoms with Crippen LogP contribution in [0.3, 0.4) is 0 Å². The summed E-state index contributed by atoms with van der Waals surface area (Å²) < 4.78 is 0. The predicted molar refractivity (Wildman–Crippen MR) is 70.2 cm³/mol. The maximum absolute atomic E-state index is 12.2. The van der Waals surface area contributed by atoms with Crippen LogP contribution < -0.4 is 5.32 Å². The molecule has 2 aliphatic carbocycles. The highest BCUT2D eigenvalue weighted by molar-refractivity contribution is 5.92. The number of aromatic nitrogens is 1. The van der Waals surface area contributed by atoms with Crippen LogP contribution in [0.1, 0.15) is 55.9 Å². The fraction of sp³-hybridized carbons (Fsp3) is 0.600. The summed E-state index contributed by atoms with van der Waals surface area (Å²) in [6.07, 6.45) is 8.86. The van der Waals surface area contributed by atoms with Crippen molar-refractivity contribution >= 4 is 5.91 Å². The molecule has 1 heterocycles. The van der Waals surface area contributed by atoms with Gasteiger partial charge in [0.2, 0.25) is 0 Å². The Bertz CT molecular complexity index is 459. The van der Waals surface area contributed by atoms with Crippen LogP contribution in [0.15, 0.2) is 24.4 Å². The van der Waals surface area contributed by atoms with Crippen molar-refractivity contribution in [2.24, 2.45) is 5.41 Å². The molecule has 0 spiro atoms. The van der Waals surface area contributed by atoms with Crippen molar-refractivity contribution < 1.29 is 4.79 Å². The Labute approximate surface area is 108 Å². The molecule has 2 saturated carbocycles. The van der Waals surface area contributed by atoms with E-state index in [0.29, 0.717) is 11.1 Å². The third-order valence-corrected chi connectivity index (χ3v) is 4.68. The van der Waals surface area contributed by atoms with E-state index >= 15 is 0 Å². The van der Waals surface area contributed by atoms with Crippen LogP contribution in [0.2, 0.25) is 0 Å². The van der Waals surface area contributed by atoms with Gasteiger partial charge in [-0.1, -0.05) is 19.4 Å². The maximum Gasteiger partial charge on any atom is 0.270 e. The Morgan fingerprint density at radius 3 is 2.94 bits per heavy atom. The molecule has 18 heavy (non-hydrogen) atoms. The van der Waals surface area contributed by atoms with E-state index in [-0.39, 0.29) is 11.4 Å². The lowest BCUT2D eigenvalue weighted by molar-refractivity contribution is 0.0857. The summed E-state index contributed by atoms with van der Waals surface area (Å²) >= 11 is 0. The Morgan fingerprint density at radius 1 is 1.28 bits per heavy atom. The van der Waals surface area contributed by atoms with Crippen molar-refractivity contribution in [3.05, 3.63) is 30.1 Å². The molecule has 2 bridgehead atoms. The number of hydrogen-bond acceptors (Lipinski definition) is 2. The molecule has 0 radical (unpaired) electrons. The fourth-order valence-electron chi connectivity index (χ4n) is 3.79. The van der Waals surface area contributed by atoms with Crippen LogP contribution >= 0.6 is 0 Å². The van der Waals surface area contributed by atoms with Gasteiger partial charge in [-0.05, 0) is 49.7 Å². The molecule has 0 unspecified atom stereocenters. The van der Waals surface area contributed by atoms with Gasteiger partial charge in [0.25, 0.3) is 5.91 Å². The van der Waals surface area contributed by atoms with Gasteiger partial charge < -0.3 is 5.32 Å². The molecular formula is C15H20N2O. The molecular weight excluding hydrogens is 224 g/mol. The molecule has 3 nitrogen and oxygen atoms in total. The molecule has 1 aromatic heterocycles. The highest BCUT2D eigenvalue weighted by Gasteiger charge is 2.49. The van der Waals surface area contributed by atoms with E-state index in [1.54, 1.807) is 12.3 Å². The second kappa shape index (κ2) is 4.08. The fourth-order valence-corrected chi connectivity index (χ4v) is 3.79. The van der Waals surface area contributed by atoms with Gasteiger partial charge >= 0.3 is 0 Å². The van der Waals surface area contributed by atoms with Crippen LogP contribution in [0.5, 0.6) is 0 Å². The minimum Gasteiger partial charge on any atom is -0.345 e. The normalized spacial score (nSPS) is 34.3. The number of carbonyl (C=O) groups is 1. The van der Waals surface area contributed by atoms with Crippen molar-refractivity contribution in [1.29, 1.82) is 0 Å². The van der Waals surface area contributed by atoms with Crippen LogP contribution in [0.4, 0.5) is 0 Å². The van der Waals surface area contributed by atoms with E-state index in [2.05, 4.69) is 17.2 Å². The van der Waals surface area contributed by atoms with Crippen molar-refractivity contribution in [2.75, 3.05) is 0 Å². The Morgan fingerprint density at radius 2 is 2.17 bits per heavy atom. The van der Waals surface area contributed by atoms with Gasteiger partial charge in [-0.3, -0.25) is 9.78 Å². The van der Waals surface area contributed by atoms with E-state index in [1.807, 2.05) is 12.1 Å². The summed E-state index contributed by atoms with van der Waals surface area (Å²) in [7, 11) is 0. The number of pyridine rings is 1. The molecule has 0 aliphatic heterocycles. The lowest BCUT2D eigenvalue weighted by atomic mass is 9.74. The number of carbonyl (C=O) groups excluding carboxylic acids is 1. The third-order valence-electron chi connectivity index (χ3n) is 4.68. The first-order valence-electron chi connectivity index (χ1n) is 6.85. The zero-order valence-corrected chi connectivity index (χ0v) is 10.9. The highest BCUT2D eigenvalue weighted by Crippen LogP contribution is 2.53. The number of nitrogens with zero attached hydrogens (tertiary/aromatic N) is 1. The van der Waals surface area contributed by atoms with E-state index in [0.717, 1.165) is 19.3 Å². The van der Waals surface area contributed by atoms with Crippen molar-refractivity contribution in [1.82, 2.24) is 10.3 Å². The summed E-state index contributed by atoms with van der Waals surface area (Å²) in [6.45, 7) is 2.36. The number of rotatable bonds is 2. The van der Waals surface area contributed by atoms with Gasteiger partial charge in [0.1, 0.15) is 5.69 Å². The zero-order chi connectivity index (χ0) is 12.6. The second-order valence-electron chi connectivity index (χ2n) is 6.29. The van der Waals surface area contributed by atoms with Crippen LogP contribution in [-0.4, -0.2) is 16.4 Å². The number of hydrogen-bond donors (Lipinski definition) is 1. The highest BCUT2D eigenvalue weighted by atomic mass is 16.2. The average Bonchev–Trinajstić information content (AvgIpc) is 2.60. The van der Waals surface area contributed by atoms with Crippen LogP contribution in [0, 0.1) is 5.41 Å². The smallest absolute Gasteiger partial charge is 0.270 e. The zero-order valence-electron chi connectivity index (χ0n) is 10.9. The quantitative estimate of drug-likeness (QED) is 0.869. The first-order valence-corrected chi connectivity index (χ1v) is 6.85. The maximum atomic E-state index is 12.2. The molecule has 96 valence electrons. The van der Waals surface area contributed by atoms with Crippen molar-refractivity contribution in [3.8, 4) is 0 Å². The molecule has 0 saturated heterocycles. The van der Waals surface area contributed by atoms with Crippen LogP contribution in [-0.2, 0) is 0 Å². The molecule has 0 aromatic carbocycles. The summed E-state index contributed by atoms with van der Waals surface area (Å²) in [6, 6.07) is 5.48. The van der Waals surface area contributed by atoms with Crippen molar-refractivity contribution in [2.45, 2.75) is 51.0 Å². The SMILES string of the molecule is C[C@]12CCC[C@](NC(=O)c3ccccn3)(CC1)C2. The van der Waals surface area contributed by atoms with E-state index in [9.17, 15) is 4.79 Å². The van der Waals surface area contributed by atoms with Crippen molar-refractivity contribution in [3.63, 3.8) is 0 Å². The van der Waals surface area contributed by atoms with Gasteiger partial charge in [-0.2, -0.15) is 0 Å². The lowest BCUT2D eigenvalue weighted by Crippen LogP contribution is -2.48. The predicted octanol–water partition coefficient (Wildman–Crippen LogP) is 2.92. The van der Waals surface area contributed by atoms with E-state index in [1.165, 1.54) is 19.3 Å². The van der Waals surface area contributed by atoms with E-state index < -0.39 is 0 Å². The summed E-state index contributed by atoms with van der Waals surface area (Å²) in [5, 5.41) is 3.26. The molecule has 3 rings (SSSR count). The number of amides is 1. The first-order chi connectivity index (χ1) is 8.61. The minimum absolute atomic E-state index is 0.0123. The lowest BCUT2D eigenvalue weighted by Gasteiger charge is -2.38. The van der Waals surface area contributed by atoms with Gasteiger partial charge in [-0.15, -0.1) is 0 Å². The Hall–Kier alpha value is -1.38. The molecule has 3 heteroatoms. The largest absolute Gasteiger partial charge is 0.345 e. The van der Waals surface area contributed by atoms with Crippen LogP contribution in [0.25, 0.3) is 0 Å².